The predicted octanol–water partition coefficient (Wildman–Crippen LogP) is 1.81. The minimum atomic E-state index is 0.251. The van der Waals surface area contributed by atoms with E-state index in [1.807, 2.05) is 6.20 Å². The first-order chi connectivity index (χ1) is 14.7. The number of nitrogens with zero attached hydrogens (tertiary/aromatic N) is 3. The molecule has 30 heavy (non-hydrogen) atoms. The molecule has 2 unspecified atom stereocenters. The fourth-order valence-corrected chi connectivity index (χ4v) is 3.58. The van der Waals surface area contributed by atoms with Crippen molar-refractivity contribution in [2.45, 2.75) is 39.3 Å². The van der Waals surface area contributed by atoms with Crippen LogP contribution >= 0.6 is 0 Å². The second-order valence-corrected chi connectivity index (χ2v) is 7.93. The number of morpholine rings is 1. The van der Waals surface area contributed by atoms with Crippen molar-refractivity contribution in [3.8, 4) is 0 Å². The van der Waals surface area contributed by atoms with Gasteiger partial charge in [-0.15, -0.1) is 0 Å². The van der Waals surface area contributed by atoms with E-state index in [4.69, 9.17) is 14.2 Å². The lowest BCUT2D eigenvalue weighted by Crippen LogP contribution is -2.41. The summed E-state index contributed by atoms with van der Waals surface area (Å²) in [6.45, 7) is 12.3. The van der Waals surface area contributed by atoms with Gasteiger partial charge in [0.1, 0.15) is 5.82 Å². The van der Waals surface area contributed by atoms with Crippen LogP contribution in [0.1, 0.15) is 32.3 Å². The van der Waals surface area contributed by atoms with Gasteiger partial charge in [0.2, 0.25) is 0 Å². The van der Waals surface area contributed by atoms with E-state index in [0.717, 1.165) is 89.4 Å². The van der Waals surface area contributed by atoms with Crippen LogP contribution in [0, 0.1) is 5.92 Å². The van der Waals surface area contributed by atoms with Crippen LogP contribution in [0.25, 0.3) is 0 Å². The molecule has 8 heteroatoms. The molecule has 0 aliphatic carbocycles. The molecule has 3 heterocycles. The Balaban J connectivity index is 1.37. The standard InChI is InChI=1S/C22H37N5O3/c1-3-23-22(24-8-4-10-28-16-20-7-11-29-17-20)26-14-19-5-6-21(25-13-19)27-9-12-30-18(2)15-27/h5-6,13,18,20H,3-4,7-12,14-17H2,1-2H3,(H2,23,24,26). The lowest BCUT2D eigenvalue weighted by Gasteiger charge is -2.32. The third kappa shape index (κ3) is 7.74. The van der Waals surface area contributed by atoms with Crippen molar-refractivity contribution in [1.29, 1.82) is 0 Å². The Morgan fingerprint density at radius 1 is 1.33 bits per heavy atom. The smallest absolute Gasteiger partial charge is 0.191 e. The first kappa shape index (κ1) is 22.8. The maximum atomic E-state index is 5.76. The monoisotopic (exact) mass is 419 g/mol. The highest BCUT2D eigenvalue weighted by Gasteiger charge is 2.17. The van der Waals surface area contributed by atoms with Gasteiger partial charge >= 0.3 is 0 Å². The average molecular weight is 420 g/mol. The molecule has 1 aromatic heterocycles. The first-order valence-electron chi connectivity index (χ1n) is 11.2. The molecule has 168 valence electrons. The van der Waals surface area contributed by atoms with Gasteiger partial charge in [-0.1, -0.05) is 6.07 Å². The van der Waals surface area contributed by atoms with Crippen LogP contribution < -0.4 is 15.5 Å². The number of hydrogen-bond acceptors (Lipinski definition) is 6. The Hall–Kier alpha value is -1.90. The highest BCUT2D eigenvalue weighted by molar-refractivity contribution is 5.79. The summed E-state index contributed by atoms with van der Waals surface area (Å²) in [5, 5.41) is 6.67. The summed E-state index contributed by atoms with van der Waals surface area (Å²) in [6, 6.07) is 4.19. The Morgan fingerprint density at radius 3 is 3.00 bits per heavy atom. The fraction of sp³-hybridized carbons (Fsp3) is 0.727. The third-order valence-corrected chi connectivity index (χ3v) is 5.27. The van der Waals surface area contributed by atoms with E-state index in [2.05, 4.69) is 51.5 Å². The molecule has 2 N–H and O–H groups in total. The van der Waals surface area contributed by atoms with Crippen LogP contribution in [-0.2, 0) is 20.8 Å². The number of hydrogen-bond donors (Lipinski definition) is 2. The number of ether oxygens (including phenoxy) is 3. The molecule has 0 saturated carbocycles. The van der Waals surface area contributed by atoms with Crippen molar-refractivity contribution in [2.75, 3.05) is 64.1 Å². The van der Waals surface area contributed by atoms with E-state index in [0.29, 0.717) is 12.5 Å². The van der Waals surface area contributed by atoms with Crippen LogP contribution in [0.2, 0.25) is 0 Å². The van der Waals surface area contributed by atoms with Gasteiger partial charge in [0.15, 0.2) is 5.96 Å². The van der Waals surface area contributed by atoms with Gasteiger partial charge < -0.3 is 29.7 Å². The molecule has 2 saturated heterocycles. The molecule has 2 fully saturated rings. The van der Waals surface area contributed by atoms with Crippen LogP contribution in [0.4, 0.5) is 5.82 Å². The van der Waals surface area contributed by atoms with Crippen LogP contribution in [0.5, 0.6) is 0 Å². The van der Waals surface area contributed by atoms with Crippen molar-refractivity contribution in [2.24, 2.45) is 10.9 Å². The molecule has 2 aliphatic heterocycles. The SMILES string of the molecule is CCNC(=NCc1ccc(N2CCOC(C)C2)nc1)NCCCOCC1CCOC1. The van der Waals surface area contributed by atoms with Crippen molar-refractivity contribution in [3.63, 3.8) is 0 Å². The molecule has 0 bridgehead atoms. The lowest BCUT2D eigenvalue weighted by atomic mass is 10.1. The summed E-state index contributed by atoms with van der Waals surface area (Å²) >= 11 is 0. The average Bonchev–Trinajstić information content (AvgIpc) is 3.28. The quantitative estimate of drug-likeness (QED) is 0.340. The van der Waals surface area contributed by atoms with E-state index in [9.17, 15) is 0 Å². The molecule has 1 aromatic rings. The second-order valence-electron chi connectivity index (χ2n) is 7.93. The summed E-state index contributed by atoms with van der Waals surface area (Å²) in [5.74, 6) is 2.41. The minimum Gasteiger partial charge on any atom is -0.381 e. The minimum absolute atomic E-state index is 0.251. The second kappa shape index (κ2) is 12.7. The zero-order valence-corrected chi connectivity index (χ0v) is 18.4. The normalized spacial score (nSPS) is 22.3. The zero-order chi connectivity index (χ0) is 21.0. The van der Waals surface area contributed by atoms with Gasteiger partial charge in [-0.05, 0) is 38.3 Å². The van der Waals surface area contributed by atoms with E-state index in [1.165, 1.54) is 0 Å². The van der Waals surface area contributed by atoms with Gasteiger partial charge in [0.25, 0.3) is 0 Å². The number of anilines is 1. The molecule has 0 amide bonds. The molecule has 0 spiro atoms. The van der Waals surface area contributed by atoms with Crippen LogP contribution in [-0.4, -0.2) is 76.3 Å². The summed E-state index contributed by atoms with van der Waals surface area (Å²) < 4.78 is 16.7. The summed E-state index contributed by atoms with van der Waals surface area (Å²) in [6.07, 6.45) is 4.24. The lowest BCUT2D eigenvalue weighted by molar-refractivity contribution is 0.0529. The molecule has 2 atom stereocenters. The van der Waals surface area contributed by atoms with Gasteiger partial charge in [0.05, 0.1) is 32.5 Å². The fourth-order valence-electron chi connectivity index (χ4n) is 3.58. The summed E-state index contributed by atoms with van der Waals surface area (Å²) in [5.41, 5.74) is 1.10. The molecule has 0 aromatic carbocycles. The molecule has 3 rings (SSSR count). The number of aliphatic imine (C=N–C) groups is 1. The van der Waals surface area contributed by atoms with Crippen molar-refractivity contribution in [3.05, 3.63) is 23.9 Å². The molecule has 8 nitrogen and oxygen atoms in total. The Labute approximate surface area is 180 Å². The highest BCUT2D eigenvalue weighted by Crippen LogP contribution is 2.16. The summed E-state index contributed by atoms with van der Waals surface area (Å²) in [4.78, 5) is 11.6. The Morgan fingerprint density at radius 2 is 2.27 bits per heavy atom. The maximum absolute atomic E-state index is 5.76. The third-order valence-electron chi connectivity index (χ3n) is 5.27. The maximum Gasteiger partial charge on any atom is 0.191 e. The Kier molecular flexibility index (Phi) is 9.66. The van der Waals surface area contributed by atoms with Gasteiger partial charge in [0, 0.05) is 51.5 Å². The molecular weight excluding hydrogens is 382 g/mol. The molecule has 0 radical (unpaired) electrons. The van der Waals surface area contributed by atoms with E-state index in [1.54, 1.807) is 0 Å². The summed E-state index contributed by atoms with van der Waals surface area (Å²) in [7, 11) is 0. The largest absolute Gasteiger partial charge is 0.381 e. The highest BCUT2D eigenvalue weighted by atomic mass is 16.5. The van der Waals surface area contributed by atoms with Crippen LogP contribution in [0.3, 0.4) is 0 Å². The Bertz CT molecular complexity index is 634. The topological polar surface area (TPSA) is 80.2 Å². The van der Waals surface area contributed by atoms with E-state index >= 15 is 0 Å². The van der Waals surface area contributed by atoms with Crippen molar-refractivity contribution in [1.82, 2.24) is 15.6 Å². The van der Waals surface area contributed by atoms with Gasteiger partial charge in [-0.2, -0.15) is 0 Å². The number of rotatable bonds is 10. The molecule has 2 aliphatic rings. The number of pyridine rings is 1. The number of guanidine groups is 1. The van der Waals surface area contributed by atoms with Gasteiger partial charge in [-0.3, -0.25) is 0 Å². The van der Waals surface area contributed by atoms with E-state index in [-0.39, 0.29) is 6.10 Å². The van der Waals surface area contributed by atoms with Crippen molar-refractivity contribution >= 4 is 11.8 Å². The predicted molar refractivity (Wildman–Crippen MR) is 119 cm³/mol. The first-order valence-corrected chi connectivity index (χ1v) is 11.2. The zero-order valence-electron chi connectivity index (χ0n) is 18.4. The van der Waals surface area contributed by atoms with Crippen molar-refractivity contribution < 1.29 is 14.2 Å². The number of aromatic nitrogens is 1. The van der Waals surface area contributed by atoms with Gasteiger partial charge in [-0.25, -0.2) is 9.98 Å². The van der Waals surface area contributed by atoms with Crippen LogP contribution in [0.15, 0.2) is 23.3 Å². The van der Waals surface area contributed by atoms with E-state index < -0.39 is 0 Å². The number of nitrogens with one attached hydrogen (secondary N) is 2. The molecular formula is C22H37N5O3.